The van der Waals surface area contributed by atoms with E-state index in [9.17, 15) is 8.42 Å². The summed E-state index contributed by atoms with van der Waals surface area (Å²) >= 11 is 0. The molecule has 0 aromatic heterocycles. The van der Waals surface area contributed by atoms with Gasteiger partial charge < -0.3 is 10.2 Å². The lowest BCUT2D eigenvalue weighted by atomic mass is 10.0. The Labute approximate surface area is 127 Å². The number of hydrogen-bond acceptors (Lipinski definition) is 4. The molecule has 1 aromatic carbocycles. The van der Waals surface area contributed by atoms with Crippen LogP contribution in [0, 0.1) is 0 Å². The molecular formula is C15H25N3O2S. The average molecular weight is 311 g/mol. The van der Waals surface area contributed by atoms with Crippen LogP contribution < -0.4 is 14.9 Å². The first-order chi connectivity index (χ1) is 9.92. The van der Waals surface area contributed by atoms with Gasteiger partial charge in [-0.05, 0) is 58.0 Å². The highest BCUT2D eigenvalue weighted by atomic mass is 32.2. The van der Waals surface area contributed by atoms with Crippen LogP contribution in [0.1, 0.15) is 26.7 Å². The Morgan fingerprint density at radius 3 is 2.19 bits per heavy atom. The molecule has 0 atom stereocenters. The Balaban J connectivity index is 2.06. The van der Waals surface area contributed by atoms with E-state index in [4.69, 9.17) is 0 Å². The molecule has 5 nitrogen and oxygen atoms in total. The molecule has 1 fully saturated rings. The summed E-state index contributed by atoms with van der Waals surface area (Å²) in [6.07, 6.45) is 2.23. The number of sulfonamides is 1. The lowest BCUT2D eigenvalue weighted by Gasteiger charge is -2.33. The van der Waals surface area contributed by atoms with Gasteiger partial charge >= 0.3 is 0 Å². The van der Waals surface area contributed by atoms with E-state index in [-0.39, 0.29) is 6.04 Å². The zero-order chi connectivity index (χ0) is 15.5. The van der Waals surface area contributed by atoms with Crippen LogP contribution in [0.25, 0.3) is 0 Å². The van der Waals surface area contributed by atoms with Crippen LogP contribution in [-0.2, 0) is 10.0 Å². The second kappa shape index (κ2) is 6.77. The molecule has 0 aliphatic carbocycles. The molecule has 0 bridgehead atoms. The van der Waals surface area contributed by atoms with Crippen molar-refractivity contribution >= 4 is 15.7 Å². The van der Waals surface area contributed by atoms with Crippen molar-refractivity contribution in [2.75, 3.05) is 25.0 Å². The fourth-order valence-electron chi connectivity index (χ4n) is 2.64. The Kier molecular flexibility index (Phi) is 5.24. The number of nitrogens with zero attached hydrogens (tertiary/aromatic N) is 1. The minimum atomic E-state index is -3.40. The average Bonchev–Trinajstić information content (AvgIpc) is 2.46. The SMILES string of the molecule is CNC1CCN(c2ccc(S(=O)(=O)NC(C)C)cc2)CC1. The van der Waals surface area contributed by atoms with Gasteiger partial charge in [0.2, 0.25) is 10.0 Å². The van der Waals surface area contributed by atoms with Gasteiger partial charge in [0.05, 0.1) is 4.90 Å². The maximum absolute atomic E-state index is 12.1. The zero-order valence-electron chi connectivity index (χ0n) is 13.0. The molecule has 1 aliphatic heterocycles. The predicted molar refractivity (Wildman–Crippen MR) is 86.2 cm³/mol. The summed E-state index contributed by atoms with van der Waals surface area (Å²) in [4.78, 5) is 2.63. The number of anilines is 1. The third-order valence-corrected chi connectivity index (χ3v) is 5.48. The second-order valence-electron chi connectivity index (χ2n) is 5.82. The van der Waals surface area contributed by atoms with Crippen LogP contribution in [0.15, 0.2) is 29.2 Å². The molecule has 0 saturated carbocycles. The first kappa shape index (κ1) is 16.3. The van der Waals surface area contributed by atoms with Gasteiger partial charge in [0, 0.05) is 30.9 Å². The van der Waals surface area contributed by atoms with E-state index in [1.54, 1.807) is 12.1 Å². The quantitative estimate of drug-likeness (QED) is 0.866. The first-order valence-corrected chi connectivity index (χ1v) is 8.95. The van der Waals surface area contributed by atoms with Crippen LogP contribution >= 0.6 is 0 Å². The summed E-state index contributed by atoms with van der Waals surface area (Å²) in [6, 6.07) is 7.66. The van der Waals surface area contributed by atoms with Crippen LogP contribution in [0.4, 0.5) is 5.69 Å². The Morgan fingerprint density at radius 2 is 1.71 bits per heavy atom. The Morgan fingerprint density at radius 1 is 1.14 bits per heavy atom. The third kappa shape index (κ3) is 4.18. The van der Waals surface area contributed by atoms with Gasteiger partial charge in [-0.1, -0.05) is 0 Å². The molecule has 0 spiro atoms. The summed E-state index contributed by atoms with van der Waals surface area (Å²) in [7, 11) is -1.40. The normalized spacial score (nSPS) is 17.4. The van der Waals surface area contributed by atoms with E-state index in [2.05, 4.69) is 14.9 Å². The topological polar surface area (TPSA) is 61.4 Å². The number of rotatable bonds is 5. The largest absolute Gasteiger partial charge is 0.371 e. The molecule has 0 radical (unpaired) electrons. The summed E-state index contributed by atoms with van der Waals surface area (Å²) in [5, 5.41) is 3.31. The fourth-order valence-corrected chi connectivity index (χ4v) is 3.89. The fraction of sp³-hybridized carbons (Fsp3) is 0.600. The molecule has 0 unspecified atom stereocenters. The van der Waals surface area contributed by atoms with E-state index in [0.717, 1.165) is 31.6 Å². The molecule has 0 amide bonds. The van der Waals surface area contributed by atoms with Crippen molar-refractivity contribution in [1.82, 2.24) is 10.0 Å². The minimum Gasteiger partial charge on any atom is -0.371 e. The maximum Gasteiger partial charge on any atom is 0.240 e. The monoisotopic (exact) mass is 311 g/mol. The molecule has 2 N–H and O–H groups in total. The van der Waals surface area contributed by atoms with Gasteiger partial charge in [-0.3, -0.25) is 0 Å². The predicted octanol–water partition coefficient (Wildman–Crippen LogP) is 1.56. The summed E-state index contributed by atoms with van der Waals surface area (Å²) in [5.41, 5.74) is 1.09. The third-order valence-electron chi connectivity index (χ3n) is 3.81. The molecule has 1 aliphatic rings. The Hall–Kier alpha value is -1.11. The molecule has 1 saturated heterocycles. The van der Waals surface area contributed by atoms with E-state index in [0.29, 0.717) is 10.9 Å². The summed E-state index contributed by atoms with van der Waals surface area (Å²) in [6.45, 7) is 5.64. The molecule has 1 heterocycles. The van der Waals surface area contributed by atoms with Crippen molar-refractivity contribution in [1.29, 1.82) is 0 Å². The second-order valence-corrected chi connectivity index (χ2v) is 7.53. The van der Waals surface area contributed by atoms with Gasteiger partial charge in [0.15, 0.2) is 0 Å². The van der Waals surface area contributed by atoms with E-state index < -0.39 is 10.0 Å². The summed E-state index contributed by atoms with van der Waals surface area (Å²) < 4.78 is 26.8. The molecule has 2 rings (SSSR count). The minimum absolute atomic E-state index is 0.102. The highest BCUT2D eigenvalue weighted by Crippen LogP contribution is 2.22. The Bertz CT molecular complexity index is 547. The van der Waals surface area contributed by atoms with Crippen molar-refractivity contribution in [3.63, 3.8) is 0 Å². The molecule has 1 aromatic rings. The number of benzene rings is 1. The van der Waals surface area contributed by atoms with Gasteiger partial charge in [0.25, 0.3) is 0 Å². The van der Waals surface area contributed by atoms with E-state index >= 15 is 0 Å². The van der Waals surface area contributed by atoms with Crippen LogP contribution in [-0.4, -0.2) is 40.6 Å². The molecular weight excluding hydrogens is 286 g/mol. The van der Waals surface area contributed by atoms with Crippen molar-refractivity contribution in [2.24, 2.45) is 0 Å². The highest BCUT2D eigenvalue weighted by Gasteiger charge is 2.19. The van der Waals surface area contributed by atoms with Crippen LogP contribution in [0.5, 0.6) is 0 Å². The van der Waals surface area contributed by atoms with Crippen LogP contribution in [0.2, 0.25) is 0 Å². The van der Waals surface area contributed by atoms with Gasteiger partial charge in [0.1, 0.15) is 0 Å². The lowest BCUT2D eigenvalue weighted by molar-refractivity contribution is 0.442. The lowest BCUT2D eigenvalue weighted by Crippen LogP contribution is -2.41. The number of nitrogens with one attached hydrogen (secondary N) is 2. The van der Waals surface area contributed by atoms with E-state index in [1.807, 2.05) is 33.0 Å². The van der Waals surface area contributed by atoms with Crippen LogP contribution in [0.3, 0.4) is 0 Å². The molecule has 6 heteroatoms. The molecule has 21 heavy (non-hydrogen) atoms. The standard InChI is InChI=1S/C15H25N3O2S/c1-12(2)17-21(19,20)15-6-4-14(5-7-15)18-10-8-13(16-3)9-11-18/h4-7,12-13,16-17H,8-11H2,1-3H3. The highest BCUT2D eigenvalue weighted by molar-refractivity contribution is 7.89. The molecule has 118 valence electrons. The summed E-state index contributed by atoms with van der Waals surface area (Å²) in [5.74, 6) is 0. The van der Waals surface area contributed by atoms with E-state index in [1.165, 1.54) is 0 Å². The number of piperidine rings is 1. The van der Waals surface area contributed by atoms with Gasteiger partial charge in [-0.25, -0.2) is 13.1 Å². The van der Waals surface area contributed by atoms with Gasteiger partial charge in [-0.2, -0.15) is 0 Å². The zero-order valence-corrected chi connectivity index (χ0v) is 13.8. The first-order valence-electron chi connectivity index (χ1n) is 7.47. The maximum atomic E-state index is 12.1. The van der Waals surface area contributed by atoms with Crippen molar-refractivity contribution in [3.8, 4) is 0 Å². The van der Waals surface area contributed by atoms with Crippen molar-refractivity contribution < 1.29 is 8.42 Å². The van der Waals surface area contributed by atoms with Crippen molar-refractivity contribution in [3.05, 3.63) is 24.3 Å². The number of hydrogen-bond donors (Lipinski definition) is 2. The van der Waals surface area contributed by atoms with Crippen molar-refractivity contribution in [2.45, 2.75) is 43.7 Å². The smallest absolute Gasteiger partial charge is 0.240 e. The van der Waals surface area contributed by atoms with Gasteiger partial charge in [-0.15, -0.1) is 0 Å².